The van der Waals surface area contributed by atoms with E-state index >= 15 is 0 Å². The normalized spacial score (nSPS) is 20.3. The lowest BCUT2D eigenvalue weighted by atomic mass is 10.0. The van der Waals surface area contributed by atoms with Crippen LogP contribution < -0.4 is 10.9 Å². The van der Waals surface area contributed by atoms with Gasteiger partial charge in [0.2, 0.25) is 0 Å². The van der Waals surface area contributed by atoms with Crippen molar-refractivity contribution in [2.24, 2.45) is 0 Å². The molecule has 4 rings (SSSR count). The number of rotatable bonds is 4. The lowest BCUT2D eigenvalue weighted by Gasteiger charge is -2.11. The molecule has 0 radical (unpaired) electrons. The number of hydrogen-bond donors (Lipinski definition) is 2. The number of aryl methyl sites for hydroxylation is 1. The summed E-state index contributed by atoms with van der Waals surface area (Å²) in [4.78, 5) is 12.2. The second-order valence-corrected chi connectivity index (χ2v) is 6.50. The Morgan fingerprint density at radius 2 is 2.09 bits per heavy atom. The molecule has 1 fully saturated rings. The highest BCUT2D eigenvalue weighted by molar-refractivity contribution is 5.86. The molecule has 1 aromatic carbocycles. The lowest BCUT2D eigenvalue weighted by molar-refractivity contribution is -0.676. The fourth-order valence-electron chi connectivity index (χ4n) is 3.83. The van der Waals surface area contributed by atoms with Gasteiger partial charge in [-0.15, -0.1) is 0 Å². The van der Waals surface area contributed by atoms with E-state index in [0.717, 1.165) is 61.8 Å². The average molecular weight is 316 g/mol. The largest absolute Gasteiger partial charge is 0.507 e. The Labute approximate surface area is 134 Å². The van der Waals surface area contributed by atoms with Gasteiger partial charge in [-0.1, -0.05) is 0 Å². The number of fused-ring (bicyclic) bond motifs is 3. The number of phenols is 1. The van der Waals surface area contributed by atoms with Gasteiger partial charge in [0.25, 0.3) is 0 Å². The Bertz CT molecular complexity index is 790. The van der Waals surface area contributed by atoms with Crippen molar-refractivity contribution in [3.63, 3.8) is 0 Å². The first-order chi connectivity index (χ1) is 11.2. The van der Waals surface area contributed by atoms with Crippen LogP contribution in [0.4, 0.5) is 0 Å². The van der Waals surface area contributed by atoms with E-state index in [4.69, 9.17) is 9.15 Å². The minimum atomic E-state index is -0.240. The molecule has 5 heteroatoms. The summed E-state index contributed by atoms with van der Waals surface area (Å²) in [5.74, 6) is 0.196. The van der Waals surface area contributed by atoms with Crippen LogP contribution in [-0.2, 0) is 24.1 Å². The van der Waals surface area contributed by atoms with Crippen LogP contribution in [0.1, 0.15) is 36.0 Å². The average Bonchev–Trinajstić information content (AvgIpc) is 3.21. The molecule has 122 valence electrons. The highest BCUT2D eigenvalue weighted by Gasteiger charge is 2.23. The Balaban J connectivity index is 1.66. The topological polar surface area (TPSA) is 76.3 Å². The molecule has 1 aliphatic heterocycles. The lowest BCUT2D eigenvalue weighted by Crippen LogP contribution is -2.84. The quantitative estimate of drug-likeness (QED) is 0.832. The van der Waals surface area contributed by atoms with Gasteiger partial charge in [-0.05, 0) is 49.8 Å². The molecule has 0 unspecified atom stereocenters. The van der Waals surface area contributed by atoms with Gasteiger partial charge < -0.3 is 19.6 Å². The Kier molecular flexibility index (Phi) is 3.83. The number of benzene rings is 1. The standard InChI is InChI=1S/C18H21NO4/c20-16-7-6-13-12-4-1-5-14(12)18(21)23-17(13)15(16)10-19-9-11-3-2-8-22-11/h6-7,11,19-20H,1-5,8-10H2/p+1/t11-/m0/s1. The van der Waals surface area contributed by atoms with Crippen molar-refractivity contribution in [2.75, 3.05) is 13.2 Å². The first-order valence-electron chi connectivity index (χ1n) is 8.46. The number of ether oxygens (including phenoxy) is 1. The molecule has 3 N–H and O–H groups in total. The van der Waals surface area contributed by atoms with Gasteiger partial charge in [0.15, 0.2) is 5.58 Å². The summed E-state index contributed by atoms with van der Waals surface area (Å²) in [6.07, 6.45) is 5.24. The monoisotopic (exact) mass is 316 g/mol. The van der Waals surface area contributed by atoms with Crippen molar-refractivity contribution in [3.8, 4) is 5.75 Å². The number of phenolic OH excluding ortho intramolecular Hbond substituents is 1. The van der Waals surface area contributed by atoms with Crippen LogP contribution in [0.5, 0.6) is 5.75 Å². The third-order valence-corrected chi connectivity index (χ3v) is 5.02. The molecule has 5 nitrogen and oxygen atoms in total. The van der Waals surface area contributed by atoms with Crippen molar-refractivity contribution in [1.82, 2.24) is 0 Å². The third kappa shape index (κ3) is 2.64. The van der Waals surface area contributed by atoms with Crippen LogP contribution in [0.3, 0.4) is 0 Å². The molecule has 0 spiro atoms. The highest BCUT2D eigenvalue weighted by Crippen LogP contribution is 2.32. The number of nitrogens with two attached hydrogens (primary N) is 1. The summed E-state index contributed by atoms with van der Waals surface area (Å²) in [5, 5.41) is 13.3. The maximum Gasteiger partial charge on any atom is 0.339 e. The summed E-state index contributed by atoms with van der Waals surface area (Å²) in [7, 11) is 0. The predicted molar refractivity (Wildman–Crippen MR) is 85.6 cm³/mol. The Hall–Kier alpha value is -1.85. The molecule has 2 aromatic rings. The maximum absolute atomic E-state index is 12.2. The van der Waals surface area contributed by atoms with E-state index in [1.807, 2.05) is 6.07 Å². The maximum atomic E-state index is 12.2. The number of quaternary nitrogens is 1. The molecule has 23 heavy (non-hydrogen) atoms. The second kappa shape index (κ2) is 5.98. The van der Waals surface area contributed by atoms with Crippen molar-refractivity contribution in [3.05, 3.63) is 39.2 Å². The van der Waals surface area contributed by atoms with Gasteiger partial charge >= 0.3 is 5.63 Å². The Morgan fingerprint density at radius 1 is 1.22 bits per heavy atom. The minimum absolute atomic E-state index is 0.196. The van der Waals surface area contributed by atoms with E-state index in [1.165, 1.54) is 0 Å². The van der Waals surface area contributed by atoms with E-state index in [2.05, 4.69) is 5.32 Å². The number of aromatic hydroxyl groups is 1. The van der Waals surface area contributed by atoms with Gasteiger partial charge in [-0.2, -0.15) is 0 Å². The van der Waals surface area contributed by atoms with Gasteiger partial charge in [-0.3, -0.25) is 0 Å². The fourth-order valence-corrected chi connectivity index (χ4v) is 3.83. The minimum Gasteiger partial charge on any atom is -0.507 e. The SMILES string of the molecule is O=c1oc2c(C[NH2+]C[C@@H]3CCCO3)c(O)ccc2c2c1CCC2. The van der Waals surface area contributed by atoms with Crippen molar-refractivity contribution >= 4 is 11.0 Å². The van der Waals surface area contributed by atoms with E-state index in [-0.39, 0.29) is 11.4 Å². The molecule has 1 atom stereocenters. The van der Waals surface area contributed by atoms with Crippen molar-refractivity contribution in [2.45, 2.75) is 44.8 Å². The first kappa shape index (κ1) is 14.7. The molecule has 1 aromatic heterocycles. The molecule has 0 bridgehead atoms. The molecular weight excluding hydrogens is 294 g/mol. The zero-order chi connectivity index (χ0) is 15.8. The third-order valence-electron chi connectivity index (χ3n) is 5.02. The van der Waals surface area contributed by atoms with Crippen LogP contribution >= 0.6 is 0 Å². The highest BCUT2D eigenvalue weighted by atomic mass is 16.5. The molecular formula is C18H22NO4+. The molecule has 1 saturated heterocycles. The molecule has 2 heterocycles. The Morgan fingerprint density at radius 3 is 2.91 bits per heavy atom. The zero-order valence-electron chi connectivity index (χ0n) is 13.1. The van der Waals surface area contributed by atoms with Gasteiger partial charge in [0.1, 0.15) is 24.9 Å². The van der Waals surface area contributed by atoms with E-state index < -0.39 is 0 Å². The summed E-state index contributed by atoms with van der Waals surface area (Å²) in [6.45, 7) is 2.30. The molecule has 1 aliphatic carbocycles. The molecule has 0 amide bonds. The van der Waals surface area contributed by atoms with E-state index in [0.29, 0.717) is 23.8 Å². The van der Waals surface area contributed by atoms with Crippen LogP contribution in [0.25, 0.3) is 11.0 Å². The van der Waals surface area contributed by atoms with Crippen LogP contribution in [0, 0.1) is 0 Å². The van der Waals surface area contributed by atoms with Gasteiger partial charge in [0, 0.05) is 17.6 Å². The first-order valence-corrected chi connectivity index (χ1v) is 8.46. The second-order valence-electron chi connectivity index (χ2n) is 6.50. The predicted octanol–water partition coefficient (Wildman–Crippen LogP) is 1.23. The smallest absolute Gasteiger partial charge is 0.339 e. The van der Waals surface area contributed by atoms with Crippen molar-refractivity contribution in [1.29, 1.82) is 0 Å². The van der Waals surface area contributed by atoms with Crippen LogP contribution in [-0.4, -0.2) is 24.4 Å². The van der Waals surface area contributed by atoms with E-state index in [9.17, 15) is 9.90 Å². The van der Waals surface area contributed by atoms with E-state index in [1.54, 1.807) is 6.07 Å². The summed E-state index contributed by atoms with van der Waals surface area (Å²) in [6, 6.07) is 3.59. The fraction of sp³-hybridized carbons (Fsp3) is 0.500. The molecule has 2 aliphatic rings. The number of hydrogen-bond acceptors (Lipinski definition) is 4. The van der Waals surface area contributed by atoms with Gasteiger partial charge in [-0.25, -0.2) is 4.79 Å². The molecule has 0 saturated carbocycles. The zero-order valence-corrected chi connectivity index (χ0v) is 13.1. The summed E-state index contributed by atoms with van der Waals surface area (Å²) in [5.41, 5.74) is 2.96. The summed E-state index contributed by atoms with van der Waals surface area (Å²) >= 11 is 0. The van der Waals surface area contributed by atoms with Crippen LogP contribution in [0.2, 0.25) is 0 Å². The van der Waals surface area contributed by atoms with Crippen molar-refractivity contribution < 1.29 is 19.6 Å². The van der Waals surface area contributed by atoms with Crippen LogP contribution in [0.15, 0.2) is 21.3 Å². The van der Waals surface area contributed by atoms with Gasteiger partial charge in [0.05, 0.1) is 5.56 Å². The summed E-state index contributed by atoms with van der Waals surface area (Å²) < 4.78 is 11.2.